The maximum Gasteiger partial charge on any atom is 0.0591 e. The van der Waals surface area contributed by atoms with E-state index in [0.29, 0.717) is 5.92 Å². The van der Waals surface area contributed by atoms with Crippen molar-refractivity contribution in [1.29, 1.82) is 0 Å². The summed E-state index contributed by atoms with van der Waals surface area (Å²) in [5.74, 6) is 0.591. The van der Waals surface area contributed by atoms with Crippen LogP contribution in [0.3, 0.4) is 0 Å². The molecule has 3 nitrogen and oxygen atoms in total. The lowest BCUT2D eigenvalue weighted by Crippen LogP contribution is -2.24. The number of aryl methyl sites for hydroxylation is 1. The Bertz CT molecular complexity index is 524. The Morgan fingerprint density at radius 3 is 3.28 bits per heavy atom. The van der Waals surface area contributed by atoms with Crippen molar-refractivity contribution >= 4 is 10.9 Å². The first-order valence-electron chi connectivity index (χ1n) is 6.65. The van der Waals surface area contributed by atoms with Crippen LogP contribution in [0.25, 0.3) is 10.9 Å². The molecule has 0 radical (unpaired) electrons. The summed E-state index contributed by atoms with van der Waals surface area (Å²) < 4.78 is 7.77. The minimum atomic E-state index is 0.591. The SMILES string of the molecule is Cn1ccc2cc(C[C@@H]3CNCCOC3)ccc21. The second-order valence-corrected chi connectivity index (χ2v) is 5.17. The fourth-order valence-electron chi connectivity index (χ4n) is 2.68. The Labute approximate surface area is 108 Å². The molecule has 0 saturated carbocycles. The zero-order valence-electron chi connectivity index (χ0n) is 10.9. The topological polar surface area (TPSA) is 26.2 Å². The summed E-state index contributed by atoms with van der Waals surface area (Å²) in [6, 6.07) is 8.95. The summed E-state index contributed by atoms with van der Waals surface area (Å²) >= 11 is 0. The van der Waals surface area contributed by atoms with Crippen molar-refractivity contribution in [2.75, 3.05) is 26.3 Å². The molecule has 1 aliphatic heterocycles. The maximum atomic E-state index is 5.60. The van der Waals surface area contributed by atoms with Crippen LogP contribution in [-0.4, -0.2) is 30.9 Å². The molecule has 1 aliphatic rings. The molecule has 18 heavy (non-hydrogen) atoms. The van der Waals surface area contributed by atoms with Crippen LogP contribution in [0.5, 0.6) is 0 Å². The van der Waals surface area contributed by atoms with Gasteiger partial charge in [-0.25, -0.2) is 0 Å². The highest BCUT2D eigenvalue weighted by Gasteiger charge is 2.13. The molecule has 0 bridgehead atoms. The van der Waals surface area contributed by atoms with Gasteiger partial charge in [0.1, 0.15) is 0 Å². The number of nitrogens with zero attached hydrogens (tertiary/aromatic N) is 1. The average Bonchev–Trinajstić information content (AvgIpc) is 2.60. The van der Waals surface area contributed by atoms with Crippen molar-refractivity contribution in [1.82, 2.24) is 9.88 Å². The molecule has 0 spiro atoms. The Morgan fingerprint density at radius 2 is 2.33 bits per heavy atom. The maximum absolute atomic E-state index is 5.60. The standard InChI is InChI=1S/C15H20N2O/c1-17-6-4-14-9-12(2-3-15(14)17)8-13-10-16-5-7-18-11-13/h2-4,6,9,13,16H,5,7-8,10-11H2,1H3/t13-/m1/s1. The van der Waals surface area contributed by atoms with Gasteiger partial charge in [-0.05, 0) is 41.5 Å². The number of ether oxygens (including phenoxy) is 1. The molecule has 3 rings (SSSR count). The summed E-state index contributed by atoms with van der Waals surface area (Å²) in [5.41, 5.74) is 2.71. The Kier molecular flexibility index (Phi) is 3.35. The molecule has 0 amide bonds. The highest BCUT2D eigenvalue weighted by molar-refractivity contribution is 5.80. The monoisotopic (exact) mass is 244 g/mol. The molecule has 0 aliphatic carbocycles. The Hall–Kier alpha value is -1.32. The molecule has 0 unspecified atom stereocenters. The van der Waals surface area contributed by atoms with E-state index < -0.39 is 0 Å². The minimum absolute atomic E-state index is 0.591. The molecule has 1 N–H and O–H groups in total. The number of fused-ring (bicyclic) bond motifs is 1. The van der Waals surface area contributed by atoms with E-state index in [2.05, 4.69) is 47.4 Å². The van der Waals surface area contributed by atoms with Gasteiger partial charge in [-0.3, -0.25) is 0 Å². The van der Waals surface area contributed by atoms with Gasteiger partial charge < -0.3 is 14.6 Å². The van der Waals surface area contributed by atoms with Crippen molar-refractivity contribution in [3.8, 4) is 0 Å². The van der Waals surface area contributed by atoms with E-state index in [1.54, 1.807) is 0 Å². The average molecular weight is 244 g/mol. The fourth-order valence-corrected chi connectivity index (χ4v) is 2.68. The summed E-state index contributed by atoms with van der Waals surface area (Å²) in [6.07, 6.45) is 3.21. The second kappa shape index (κ2) is 5.12. The van der Waals surface area contributed by atoms with Gasteiger partial charge in [0.25, 0.3) is 0 Å². The predicted molar refractivity (Wildman–Crippen MR) is 73.8 cm³/mol. The van der Waals surface area contributed by atoms with E-state index in [0.717, 1.165) is 32.7 Å². The van der Waals surface area contributed by atoms with Gasteiger partial charge in [0.15, 0.2) is 0 Å². The molecule has 1 saturated heterocycles. The summed E-state index contributed by atoms with van der Waals surface area (Å²) in [6.45, 7) is 3.76. The van der Waals surface area contributed by atoms with Gasteiger partial charge in [0.2, 0.25) is 0 Å². The molecule has 1 aromatic heterocycles. The first-order chi connectivity index (χ1) is 8.83. The minimum Gasteiger partial charge on any atom is -0.380 e. The normalized spacial score (nSPS) is 21.1. The van der Waals surface area contributed by atoms with Crippen LogP contribution >= 0.6 is 0 Å². The van der Waals surface area contributed by atoms with Crippen molar-refractivity contribution in [3.05, 3.63) is 36.0 Å². The molecule has 2 heterocycles. The number of nitrogens with one attached hydrogen (secondary N) is 1. The third-order valence-electron chi connectivity index (χ3n) is 3.68. The summed E-state index contributed by atoms with van der Waals surface area (Å²) in [7, 11) is 2.09. The fraction of sp³-hybridized carbons (Fsp3) is 0.467. The van der Waals surface area contributed by atoms with Crippen molar-refractivity contribution in [3.63, 3.8) is 0 Å². The van der Waals surface area contributed by atoms with Crippen LogP contribution in [0.1, 0.15) is 5.56 Å². The highest BCUT2D eigenvalue weighted by Crippen LogP contribution is 2.19. The lowest BCUT2D eigenvalue weighted by Gasteiger charge is -2.13. The van der Waals surface area contributed by atoms with Crippen LogP contribution in [0.15, 0.2) is 30.5 Å². The van der Waals surface area contributed by atoms with E-state index in [9.17, 15) is 0 Å². The number of benzene rings is 1. The molecular formula is C15H20N2O. The van der Waals surface area contributed by atoms with Gasteiger partial charge in [-0.2, -0.15) is 0 Å². The van der Waals surface area contributed by atoms with Crippen LogP contribution < -0.4 is 5.32 Å². The highest BCUT2D eigenvalue weighted by atomic mass is 16.5. The van der Waals surface area contributed by atoms with Gasteiger partial charge in [0.05, 0.1) is 13.2 Å². The van der Waals surface area contributed by atoms with E-state index in [1.807, 2.05) is 0 Å². The Morgan fingerprint density at radius 1 is 1.39 bits per heavy atom. The van der Waals surface area contributed by atoms with Gasteiger partial charge in [-0.15, -0.1) is 0 Å². The van der Waals surface area contributed by atoms with Gasteiger partial charge in [0, 0.05) is 31.9 Å². The van der Waals surface area contributed by atoms with Gasteiger partial charge >= 0.3 is 0 Å². The first kappa shape index (κ1) is 11.8. The molecule has 3 heteroatoms. The molecule has 96 valence electrons. The van der Waals surface area contributed by atoms with E-state index in [1.165, 1.54) is 16.5 Å². The quantitative estimate of drug-likeness (QED) is 0.874. The van der Waals surface area contributed by atoms with Crippen molar-refractivity contribution in [2.45, 2.75) is 6.42 Å². The van der Waals surface area contributed by atoms with E-state index in [4.69, 9.17) is 4.74 Å². The number of rotatable bonds is 2. The molecule has 2 aromatic rings. The Balaban J connectivity index is 1.77. The summed E-state index contributed by atoms with van der Waals surface area (Å²) in [5, 5.41) is 4.76. The van der Waals surface area contributed by atoms with Crippen LogP contribution in [0.4, 0.5) is 0 Å². The zero-order chi connectivity index (χ0) is 12.4. The van der Waals surface area contributed by atoms with Crippen LogP contribution in [-0.2, 0) is 18.2 Å². The van der Waals surface area contributed by atoms with Crippen molar-refractivity contribution in [2.24, 2.45) is 13.0 Å². The third kappa shape index (κ3) is 2.42. The van der Waals surface area contributed by atoms with E-state index in [-0.39, 0.29) is 0 Å². The first-order valence-corrected chi connectivity index (χ1v) is 6.65. The molecule has 1 atom stereocenters. The lowest BCUT2D eigenvalue weighted by molar-refractivity contribution is 0.123. The van der Waals surface area contributed by atoms with Gasteiger partial charge in [-0.1, -0.05) is 6.07 Å². The second-order valence-electron chi connectivity index (χ2n) is 5.17. The number of hydrogen-bond donors (Lipinski definition) is 1. The molecule has 1 fully saturated rings. The predicted octanol–water partition coefficient (Wildman–Crippen LogP) is 1.96. The third-order valence-corrected chi connectivity index (χ3v) is 3.68. The zero-order valence-corrected chi connectivity index (χ0v) is 10.9. The van der Waals surface area contributed by atoms with Crippen LogP contribution in [0, 0.1) is 5.92 Å². The lowest BCUT2D eigenvalue weighted by atomic mass is 9.99. The largest absolute Gasteiger partial charge is 0.380 e. The van der Waals surface area contributed by atoms with Crippen molar-refractivity contribution < 1.29 is 4.74 Å². The molecule has 1 aromatic carbocycles. The summed E-state index contributed by atoms with van der Waals surface area (Å²) in [4.78, 5) is 0. The number of hydrogen-bond acceptors (Lipinski definition) is 2. The van der Waals surface area contributed by atoms with E-state index >= 15 is 0 Å². The van der Waals surface area contributed by atoms with Crippen LogP contribution in [0.2, 0.25) is 0 Å². The molecular weight excluding hydrogens is 224 g/mol. The number of aromatic nitrogens is 1. The smallest absolute Gasteiger partial charge is 0.0591 e.